The van der Waals surface area contributed by atoms with Crippen LogP contribution >= 0.6 is 0 Å². The SMILES string of the molecule is CNCCC1CCN(C(=O)COC2CC(C)CCC2C(C)C)CC1. The number of likely N-dealkylation sites (tertiary alicyclic amines) is 1. The molecule has 1 amide bonds. The van der Waals surface area contributed by atoms with Gasteiger partial charge in [-0.05, 0) is 69.4 Å². The van der Waals surface area contributed by atoms with Crippen LogP contribution in [0.2, 0.25) is 0 Å². The molecule has 140 valence electrons. The zero-order valence-electron chi connectivity index (χ0n) is 16.2. The van der Waals surface area contributed by atoms with Gasteiger partial charge in [-0.15, -0.1) is 0 Å². The summed E-state index contributed by atoms with van der Waals surface area (Å²) < 4.78 is 6.13. The molecule has 3 atom stereocenters. The average molecular weight is 339 g/mol. The maximum Gasteiger partial charge on any atom is 0.248 e. The monoisotopic (exact) mass is 338 g/mol. The van der Waals surface area contributed by atoms with Crippen LogP contribution in [0.1, 0.15) is 59.3 Å². The van der Waals surface area contributed by atoms with E-state index in [9.17, 15) is 4.79 Å². The fourth-order valence-corrected chi connectivity index (χ4v) is 4.40. The van der Waals surface area contributed by atoms with Crippen molar-refractivity contribution in [1.29, 1.82) is 0 Å². The van der Waals surface area contributed by atoms with Crippen LogP contribution in [0.3, 0.4) is 0 Å². The number of piperidine rings is 1. The molecule has 0 radical (unpaired) electrons. The Hall–Kier alpha value is -0.610. The van der Waals surface area contributed by atoms with Gasteiger partial charge >= 0.3 is 0 Å². The first-order valence-electron chi connectivity index (χ1n) is 10.0. The number of carbonyl (C=O) groups is 1. The maximum atomic E-state index is 12.5. The summed E-state index contributed by atoms with van der Waals surface area (Å²) in [4.78, 5) is 14.5. The van der Waals surface area contributed by atoms with Crippen molar-refractivity contribution >= 4 is 5.91 Å². The number of hydrogen-bond donors (Lipinski definition) is 1. The third-order valence-electron chi connectivity index (χ3n) is 6.15. The van der Waals surface area contributed by atoms with E-state index >= 15 is 0 Å². The second-order valence-electron chi connectivity index (χ2n) is 8.39. The van der Waals surface area contributed by atoms with Crippen molar-refractivity contribution in [2.75, 3.05) is 33.3 Å². The molecule has 0 bridgehead atoms. The Bertz CT molecular complexity index is 378. The molecule has 4 heteroatoms. The smallest absolute Gasteiger partial charge is 0.248 e. The van der Waals surface area contributed by atoms with Crippen LogP contribution in [0.4, 0.5) is 0 Å². The van der Waals surface area contributed by atoms with Crippen LogP contribution < -0.4 is 5.32 Å². The average Bonchev–Trinajstić information content (AvgIpc) is 2.58. The van der Waals surface area contributed by atoms with Gasteiger partial charge in [0.2, 0.25) is 5.91 Å². The molecule has 4 nitrogen and oxygen atoms in total. The molecule has 0 aromatic heterocycles. The highest BCUT2D eigenvalue weighted by molar-refractivity contribution is 5.77. The third kappa shape index (κ3) is 5.73. The predicted octanol–water partition coefficient (Wildman–Crippen LogP) is 3.31. The van der Waals surface area contributed by atoms with Gasteiger partial charge in [0, 0.05) is 13.1 Å². The Kier molecular flexibility index (Phi) is 8.02. The summed E-state index contributed by atoms with van der Waals surface area (Å²) in [6.07, 6.45) is 7.44. The molecule has 1 saturated carbocycles. The lowest BCUT2D eigenvalue weighted by Crippen LogP contribution is -2.42. The molecule has 3 unspecified atom stereocenters. The van der Waals surface area contributed by atoms with Gasteiger partial charge in [-0.1, -0.05) is 27.2 Å². The van der Waals surface area contributed by atoms with Crippen LogP contribution in [-0.4, -0.2) is 50.2 Å². The van der Waals surface area contributed by atoms with E-state index in [1.54, 1.807) is 0 Å². The zero-order chi connectivity index (χ0) is 17.5. The summed E-state index contributed by atoms with van der Waals surface area (Å²) in [7, 11) is 2.01. The van der Waals surface area contributed by atoms with Gasteiger partial charge in [0.05, 0.1) is 6.10 Å². The molecule has 1 saturated heterocycles. The van der Waals surface area contributed by atoms with E-state index in [1.165, 1.54) is 19.3 Å². The van der Waals surface area contributed by atoms with Crippen LogP contribution in [0, 0.1) is 23.7 Å². The quantitative estimate of drug-likeness (QED) is 0.774. The lowest BCUT2D eigenvalue weighted by Gasteiger charge is -2.38. The number of carbonyl (C=O) groups excluding carboxylic acids is 1. The van der Waals surface area contributed by atoms with Gasteiger partial charge in [0.15, 0.2) is 0 Å². The number of nitrogens with one attached hydrogen (secondary N) is 1. The molecule has 0 aromatic rings. The van der Waals surface area contributed by atoms with Crippen molar-refractivity contribution in [3.05, 3.63) is 0 Å². The molecule has 1 N–H and O–H groups in total. The first-order valence-corrected chi connectivity index (χ1v) is 10.0. The van der Waals surface area contributed by atoms with Crippen molar-refractivity contribution in [2.24, 2.45) is 23.7 Å². The normalized spacial score (nSPS) is 29.2. The minimum Gasteiger partial charge on any atom is -0.368 e. The standard InChI is InChI=1S/C20H38N2O2/c1-15(2)18-6-5-16(3)13-19(18)24-14-20(23)22-11-8-17(9-12-22)7-10-21-4/h15-19,21H,5-14H2,1-4H3. The molecular weight excluding hydrogens is 300 g/mol. The summed E-state index contributed by atoms with van der Waals surface area (Å²) >= 11 is 0. The second-order valence-corrected chi connectivity index (χ2v) is 8.39. The number of nitrogens with zero attached hydrogens (tertiary/aromatic N) is 1. The van der Waals surface area contributed by atoms with E-state index in [1.807, 2.05) is 11.9 Å². The number of ether oxygens (including phenoxy) is 1. The Morgan fingerprint density at radius 2 is 1.92 bits per heavy atom. The Balaban J connectivity index is 1.74. The summed E-state index contributed by atoms with van der Waals surface area (Å²) in [5, 5.41) is 3.22. The zero-order valence-corrected chi connectivity index (χ0v) is 16.2. The van der Waals surface area contributed by atoms with E-state index in [2.05, 4.69) is 26.1 Å². The highest BCUT2D eigenvalue weighted by Gasteiger charge is 2.32. The first-order chi connectivity index (χ1) is 11.5. The van der Waals surface area contributed by atoms with Crippen molar-refractivity contribution in [1.82, 2.24) is 10.2 Å². The first kappa shape index (κ1) is 19.7. The van der Waals surface area contributed by atoms with Crippen LogP contribution in [0.15, 0.2) is 0 Å². The molecule has 1 aliphatic heterocycles. The summed E-state index contributed by atoms with van der Waals surface area (Å²) in [5.41, 5.74) is 0. The topological polar surface area (TPSA) is 41.6 Å². The molecule has 1 heterocycles. The molecular formula is C20H38N2O2. The Labute approximate surface area is 148 Å². The lowest BCUT2D eigenvalue weighted by atomic mass is 9.75. The van der Waals surface area contributed by atoms with Crippen molar-refractivity contribution in [3.8, 4) is 0 Å². The minimum absolute atomic E-state index is 0.197. The summed E-state index contributed by atoms with van der Waals surface area (Å²) in [6.45, 7) is 10.1. The number of rotatable bonds is 7. The molecule has 2 rings (SSSR count). The molecule has 2 fully saturated rings. The summed E-state index contributed by atoms with van der Waals surface area (Å²) in [5.74, 6) is 2.94. The fraction of sp³-hybridized carbons (Fsp3) is 0.950. The van der Waals surface area contributed by atoms with E-state index < -0.39 is 0 Å². The fourth-order valence-electron chi connectivity index (χ4n) is 4.40. The van der Waals surface area contributed by atoms with Crippen molar-refractivity contribution < 1.29 is 9.53 Å². The van der Waals surface area contributed by atoms with Crippen LogP contribution in [0.25, 0.3) is 0 Å². The molecule has 0 spiro atoms. The Morgan fingerprint density at radius 1 is 1.21 bits per heavy atom. The van der Waals surface area contributed by atoms with Gasteiger partial charge in [0.25, 0.3) is 0 Å². The van der Waals surface area contributed by atoms with E-state index in [4.69, 9.17) is 4.74 Å². The van der Waals surface area contributed by atoms with Gasteiger partial charge in [-0.3, -0.25) is 4.79 Å². The van der Waals surface area contributed by atoms with Gasteiger partial charge in [-0.2, -0.15) is 0 Å². The Morgan fingerprint density at radius 3 is 2.54 bits per heavy atom. The van der Waals surface area contributed by atoms with Gasteiger partial charge in [-0.25, -0.2) is 0 Å². The van der Waals surface area contributed by atoms with E-state index in [0.29, 0.717) is 11.8 Å². The third-order valence-corrected chi connectivity index (χ3v) is 6.15. The number of amides is 1. The van der Waals surface area contributed by atoms with Crippen LogP contribution in [0.5, 0.6) is 0 Å². The van der Waals surface area contributed by atoms with E-state index in [0.717, 1.165) is 50.7 Å². The summed E-state index contributed by atoms with van der Waals surface area (Å²) in [6, 6.07) is 0. The van der Waals surface area contributed by atoms with Crippen LogP contribution in [-0.2, 0) is 9.53 Å². The van der Waals surface area contributed by atoms with Gasteiger partial charge < -0.3 is 15.0 Å². The second kappa shape index (κ2) is 9.76. The molecule has 2 aliphatic rings. The minimum atomic E-state index is 0.197. The van der Waals surface area contributed by atoms with Crippen molar-refractivity contribution in [3.63, 3.8) is 0 Å². The predicted molar refractivity (Wildman–Crippen MR) is 98.9 cm³/mol. The highest BCUT2D eigenvalue weighted by atomic mass is 16.5. The maximum absolute atomic E-state index is 12.5. The lowest BCUT2D eigenvalue weighted by molar-refractivity contribution is -0.143. The largest absolute Gasteiger partial charge is 0.368 e. The molecule has 24 heavy (non-hydrogen) atoms. The highest BCUT2D eigenvalue weighted by Crippen LogP contribution is 2.35. The number of hydrogen-bond acceptors (Lipinski definition) is 3. The molecule has 1 aliphatic carbocycles. The van der Waals surface area contributed by atoms with Gasteiger partial charge in [0.1, 0.15) is 6.61 Å². The van der Waals surface area contributed by atoms with E-state index in [-0.39, 0.29) is 18.6 Å². The van der Waals surface area contributed by atoms with Crippen molar-refractivity contribution in [2.45, 2.75) is 65.4 Å². The molecule has 0 aromatic carbocycles.